The fourth-order valence-electron chi connectivity index (χ4n) is 2.86. The number of carbonyl (C=O) groups is 3. The molecule has 0 saturated heterocycles. The van der Waals surface area contributed by atoms with Crippen molar-refractivity contribution in [2.24, 2.45) is 5.92 Å². The maximum absolute atomic E-state index is 13.0. The van der Waals surface area contributed by atoms with Crippen LogP contribution in [0, 0.1) is 5.92 Å². The van der Waals surface area contributed by atoms with E-state index in [9.17, 15) is 14.4 Å². The molecule has 0 aliphatic carbocycles. The third-order valence-corrected chi connectivity index (χ3v) is 4.36. The zero-order valence-electron chi connectivity index (χ0n) is 17.3. The third-order valence-electron chi connectivity index (χ3n) is 4.36. The van der Waals surface area contributed by atoms with E-state index in [1.807, 2.05) is 44.2 Å². The summed E-state index contributed by atoms with van der Waals surface area (Å²) in [4.78, 5) is 39.2. The molecule has 156 valence electrons. The smallest absolute Gasteiger partial charge is 0.329 e. The van der Waals surface area contributed by atoms with E-state index >= 15 is 0 Å². The highest BCUT2D eigenvalue weighted by molar-refractivity contribution is 5.90. The summed E-state index contributed by atoms with van der Waals surface area (Å²) in [5, 5.41) is 9.06. The van der Waals surface area contributed by atoms with Gasteiger partial charge in [0.05, 0.1) is 6.10 Å². The Morgan fingerprint density at radius 2 is 1.68 bits per heavy atom. The van der Waals surface area contributed by atoms with Crippen molar-refractivity contribution in [3.05, 3.63) is 35.9 Å². The summed E-state index contributed by atoms with van der Waals surface area (Å²) in [6.07, 6.45) is 0.671. The van der Waals surface area contributed by atoms with E-state index in [0.717, 1.165) is 5.56 Å². The van der Waals surface area contributed by atoms with Crippen molar-refractivity contribution >= 4 is 17.8 Å². The van der Waals surface area contributed by atoms with E-state index < -0.39 is 24.0 Å². The predicted octanol–water partition coefficient (Wildman–Crippen LogP) is 2.71. The minimum Gasteiger partial charge on any atom is -0.461 e. The normalized spacial score (nSPS) is 13.1. The number of hydrogen-bond acceptors (Lipinski definition) is 5. The summed E-state index contributed by atoms with van der Waals surface area (Å²) in [7, 11) is 0. The van der Waals surface area contributed by atoms with Crippen LogP contribution in [0.25, 0.3) is 0 Å². The Balaban J connectivity index is 3.27. The Morgan fingerprint density at radius 3 is 2.18 bits per heavy atom. The molecule has 0 aliphatic rings. The van der Waals surface area contributed by atoms with Gasteiger partial charge < -0.3 is 9.64 Å². The van der Waals surface area contributed by atoms with Crippen LogP contribution in [0.3, 0.4) is 0 Å². The lowest BCUT2D eigenvalue weighted by atomic mass is 10.0. The number of hydroxylamine groups is 1. The molecule has 0 radical (unpaired) electrons. The van der Waals surface area contributed by atoms with Crippen LogP contribution in [0.1, 0.15) is 53.0 Å². The van der Waals surface area contributed by atoms with Crippen LogP contribution in [0.5, 0.6) is 0 Å². The third kappa shape index (κ3) is 7.31. The van der Waals surface area contributed by atoms with E-state index in [4.69, 9.17) is 9.94 Å². The highest BCUT2D eigenvalue weighted by Gasteiger charge is 2.37. The summed E-state index contributed by atoms with van der Waals surface area (Å²) in [5.74, 6) is -1.36. The van der Waals surface area contributed by atoms with Gasteiger partial charge in [0.15, 0.2) is 0 Å². The topological polar surface area (TPSA) is 95.9 Å². The maximum Gasteiger partial charge on any atom is 0.329 e. The van der Waals surface area contributed by atoms with Gasteiger partial charge in [-0.05, 0) is 38.7 Å². The van der Waals surface area contributed by atoms with Gasteiger partial charge in [-0.15, -0.1) is 0 Å². The molecule has 2 N–H and O–H groups in total. The molecular formula is C21H32N2O5. The molecule has 0 fully saturated rings. The Hall–Kier alpha value is -2.41. The molecule has 0 spiro atoms. The average Bonchev–Trinajstić information content (AvgIpc) is 2.65. The van der Waals surface area contributed by atoms with Crippen molar-refractivity contribution in [2.45, 2.75) is 72.1 Å². The highest BCUT2D eigenvalue weighted by Crippen LogP contribution is 2.18. The van der Waals surface area contributed by atoms with Crippen molar-refractivity contribution in [3.63, 3.8) is 0 Å². The molecule has 1 aromatic rings. The molecule has 2 amide bonds. The zero-order valence-corrected chi connectivity index (χ0v) is 17.3. The fourth-order valence-corrected chi connectivity index (χ4v) is 2.86. The van der Waals surface area contributed by atoms with Gasteiger partial charge in [-0.2, -0.15) is 0 Å². The van der Waals surface area contributed by atoms with Crippen LogP contribution in [0.4, 0.5) is 0 Å². The second-order valence-electron chi connectivity index (χ2n) is 7.58. The molecule has 7 nitrogen and oxygen atoms in total. The second-order valence-corrected chi connectivity index (χ2v) is 7.58. The number of amides is 2. The van der Waals surface area contributed by atoms with E-state index in [1.165, 1.54) is 11.8 Å². The maximum atomic E-state index is 13.0. The minimum atomic E-state index is -1.03. The molecule has 0 aromatic heterocycles. The quantitative estimate of drug-likeness (QED) is 0.363. The van der Waals surface area contributed by atoms with Crippen molar-refractivity contribution in [1.29, 1.82) is 0 Å². The number of carbonyl (C=O) groups excluding carboxylic acids is 3. The van der Waals surface area contributed by atoms with Gasteiger partial charge in [0.2, 0.25) is 5.91 Å². The van der Waals surface area contributed by atoms with Crippen molar-refractivity contribution < 1.29 is 24.3 Å². The average molecular weight is 392 g/mol. The molecule has 0 saturated carbocycles. The number of hydrogen-bond donors (Lipinski definition) is 2. The van der Waals surface area contributed by atoms with E-state index in [1.54, 1.807) is 19.3 Å². The molecule has 7 heteroatoms. The number of nitrogens with zero attached hydrogens (tertiary/aromatic N) is 1. The predicted molar refractivity (Wildman–Crippen MR) is 105 cm³/mol. The Kier molecular flexibility index (Phi) is 9.65. The molecule has 0 aliphatic heterocycles. The molecular weight excluding hydrogens is 360 g/mol. The van der Waals surface area contributed by atoms with Gasteiger partial charge in [0, 0.05) is 12.8 Å². The number of ether oxygens (including phenoxy) is 1. The monoisotopic (exact) mass is 392 g/mol. The molecule has 1 aromatic carbocycles. The number of rotatable bonds is 10. The van der Waals surface area contributed by atoms with Crippen LogP contribution >= 0.6 is 0 Å². The SMILES string of the molecule is CC(C)CCC(=O)N([C@@H](C)C(=O)NO)[C@@H](Cc1ccccc1)C(=O)OC(C)C. The van der Waals surface area contributed by atoms with Crippen LogP contribution in [-0.2, 0) is 25.5 Å². The first-order chi connectivity index (χ1) is 13.2. The molecule has 0 bridgehead atoms. The van der Waals surface area contributed by atoms with E-state index in [2.05, 4.69) is 0 Å². The van der Waals surface area contributed by atoms with Gasteiger partial charge in [-0.1, -0.05) is 44.2 Å². The largest absolute Gasteiger partial charge is 0.461 e. The number of esters is 1. The molecule has 0 heterocycles. The summed E-state index contributed by atoms with van der Waals surface area (Å²) >= 11 is 0. The van der Waals surface area contributed by atoms with Gasteiger partial charge in [0.25, 0.3) is 5.91 Å². The van der Waals surface area contributed by atoms with Gasteiger partial charge in [0.1, 0.15) is 12.1 Å². The number of benzene rings is 1. The molecule has 2 atom stereocenters. The van der Waals surface area contributed by atoms with Crippen LogP contribution in [0.2, 0.25) is 0 Å². The standard InChI is InChI=1S/C21H32N2O5/c1-14(2)11-12-19(24)23(16(5)20(25)22-27)18(21(26)28-15(3)4)13-17-9-7-6-8-10-17/h6-10,14-16,18,27H,11-13H2,1-5H3,(H,22,25)/t16-,18-/m0/s1. The summed E-state index contributed by atoms with van der Waals surface area (Å²) in [6.45, 7) is 8.93. The van der Waals surface area contributed by atoms with Crippen molar-refractivity contribution in [2.75, 3.05) is 0 Å². The highest BCUT2D eigenvalue weighted by atomic mass is 16.5. The van der Waals surface area contributed by atoms with Crippen LogP contribution < -0.4 is 5.48 Å². The van der Waals surface area contributed by atoms with E-state index in [0.29, 0.717) is 12.3 Å². The minimum absolute atomic E-state index is 0.195. The van der Waals surface area contributed by atoms with Gasteiger partial charge in [-0.25, -0.2) is 10.3 Å². The summed E-state index contributed by atoms with van der Waals surface area (Å²) in [5.41, 5.74) is 2.42. The van der Waals surface area contributed by atoms with Crippen molar-refractivity contribution in [1.82, 2.24) is 10.4 Å². The summed E-state index contributed by atoms with van der Waals surface area (Å²) in [6, 6.07) is 7.24. The first-order valence-corrected chi connectivity index (χ1v) is 9.66. The lowest BCUT2D eigenvalue weighted by Crippen LogP contribution is -2.56. The van der Waals surface area contributed by atoms with E-state index in [-0.39, 0.29) is 24.9 Å². The van der Waals surface area contributed by atoms with Crippen LogP contribution in [0.15, 0.2) is 30.3 Å². The molecule has 1 rings (SSSR count). The lowest BCUT2D eigenvalue weighted by molar-refractivity contribution is -0.162. The Labute approximate surface area is 167 Å². The van der Waals surface area contributed by atoms with Gasteiger partial charge >= 0.3 is 5.97 Å². The fraction of sp³-hybridized carbons (Fsp3) is 0.571. The van der Waals surface area contributed by atoms with Crippen LogP contribution in [-0.4, -0.2) is 46.1 Å². The van der Waals surface area contributed by atoms with Crippen molar-refractivity contribution in [3.8, 4) is 0 Å². The lowest BCUT2D eigenvalue weighted by Gasteiger charge is -2.35. The van der Waals surface area contributed by atoms with Gasteiger partial charge in [-0.3, -0.25) is 14.8 Å². The first kappa shape index (κ1) is 23.6. The summed E-state index contributed by atoms with van der Waals surface area (Å²) < 4.78 is 5.38. The Morgan fingerprint density at radius 1 is 1.07 bits per heavy atom. The number of nitrogens with one attached hydrogen (secondary N) is 1. The second kappa shape index (κ2) is 11.4. The molecule has 0 unspecified atom stereocenters. The zero-order chi connectivity index (χ0) is 21.3. The first-order valence-electron chi connectivity index (χ1n) is 9.66. The Bertz CT molecular complexity index is 645. The molecule has 28 heavy (non-hydrogen) atoms.